The van der Waals surface area contributed by atoms with Crippen LogP contribution in [0, 0.1) is 0 Å². The van der Waals surface area contributed by atoms with E-state index < -0.39 is 0 Å². The molecule has 0 spiro atoms. The van der Waals surface area contributed by atoms with E-state index in [0.717, 1.165) is 51.9 Å². The molecule has 2 N–H and O–H groups in total. The van der Waals surface area contributed by atoms with Gasteiger partial charge in [-0.05, 0) is 25.7 Å². The summed E-state index contributed by atoms with van der Waals surface area (Å²) in [4.78, 5) is 20.5. The molecule has 0 bridgehead atoms. The molecule has 26 heavy (non-hydrogen) atoms. The van der Waals surface area contributed by atoms with E-state index >= 15 is 0 Å². The molecule has 1 aromatic heterocycles. The lowest BCUT2D eigenvalue weighted by molar-refractivity contribution is 0.122. The Kier molecular flexibility index (Phi) is 5.37. The predicted molar refractivity (Wildman–Crippen MR) is 97.8 cm³/mol. The van der Waals surface area contributed by atoms with Crippen molar-refractivity contribution in [1.82, 2.24) is 15.0 Å². The Labute approximate surface area is 153 Å². The molecule has 2 atom stereocenters. The number of rotatable bonds is 5. The van der Waals surface area contributed by atoms with E-state index in [9.17, 15) is 10.2 Å². The minimum Gasteiger partial charge on any atom is -0.394 e. The van der Waals surface area contributed by atoms with Crippen molar-refractivity contribution in [2.45, 2.75) is 37.8 Å². The molecule has 3 aliphatic rings. The Balaban J connectivity index is 1.69. The Morgan fingerprint density at radius 3 is 1.77 bits per heavy atom. The van der Waals surface area contributed by atoms with Gasteiger partial charge in [0.2, 0.25) is 17.8 Å². The van der Waals surface area contributed by atoms with Crippen LogP contribution in [0.3, 0.4) is 0 Å². The van der Waals surface area contributed by atoms with Crippen LogP contribution in [0.15, 0.2) is 0 Å². The molecular weight excluding hydrogens is 336 g/mol. The molecule has 0 amide bonds. The first-order valence-corrected chi connectivity index (χ1v) is 9.64. The van der Waals surface area contributed by atoms with E-state index in [4.69, 9.17) is 19.7 Å². The Morgan fingerprint density at radius 2 is 1.27 bits per heavy atom. The molecule has 0 aromatic carbocycles. The van der Waals surface area contributed by atoms with Crippen LogP contribution in [0.2, 0.25) is 0 Å². The number of aliphatic hydroxyl groups excluding tert-OH is 2. The fraction of sp³-hybridized carbons (Fsp3) is 0.824. The highest BCUT2D eigenvalue weighted by molar-refractivity contribution is 5.49. The van der Waals surface area contributed by atoms with Gasteiger partial charge in [0.05, 0.1) is 38.5 Å². The van der Waals surface area contributed by atoms with Crippen molar-refractivity contribution >= 4 is 17.8 Å². The number of hydrogen-bond donors (Lipinski definition) is 2. The van der Waals surface area contributed by atoms with E-state index in [0.29, 0.717) is 31.1 Å². The summed E-state index contributed by atoms with van der Waals surface area (Å²) in [5.74, 6) is 1.94. The minimum absolute atomic E-state index is 0.0648. The average Bonchev–Trinajstić information content (AvgIpc) is 3.37. The largest absolute Gasteiger partial charge is 0.394 e. The molecule has 9 heteroatoms. The van der Waals surface area contributed by atoms with Gasteiger partial charge in [0.1, 0.15) is 0 Å². The Bertz CT molecular complexity index is 572. The van der Waals surface area contributed by atoms with Crippen LogP contribution in [0.25, 0.3) is 0 Å². The van der Waals surface area contributed by atoms with Crippen LogP contribution >= 0.6 is 0 Å². The third-order valence-electron chi connectivity index (χ3n) is 5.58. The molecule has 0 radical (unpaired) electrons. The maximum absolute atomic E-state index is 9.69. The molecule has 3 saturated heterocycles. The number of hydrogen-bond acceptors (Lipinski definition) is 9. The van der Waals surface area contributed by atoms with Crippen molar-refractivity contribution in [2.24, 2.45) is 0 Å². The van der Waals surface area contributed by atoms with Gasteiger partial charge in [0.15, 0.2) is 0 Å². The van der Waals surface area contributed by atoms with E-state index in [-0.39, 0.29) is 25.3 Å². The maximum atomic E-state index is 9.69. The van der Waals surface area contributed by atoms with Crippen LogP contribution in [0.1, 0.15) is 25.7 Å². The van der Waals surface area contributed by atoms with Gasteiger partial charge in [0, 0.05) is 26.2 Å². The molecule has 1 aromatic rings. The van der Waals surface area contributed by atoms with Crippen molar-refractivity contribution in [2.75, 3.05) is 67.3 Å². The van der Waals surface area contributed by atoms with Crippen LogP contribution in [0.4, 0.5) is 17.8 Å². The lowest BCUT2D eigenvalue weighted by Gasteiger charge is -2.31. The summed E-state index contributed by atoms with van der Waals surface area (Å²) in [5, 5.41) is 19.4. The van der Waals surface area contributed by atoms with Crippen molar-refractivity contribution in [3.05, 3.63) is 0 Å². The highest BCUT2D eigenvalue weighted by Gasteiger charge is 2.31. The van der Waals surface area contributed by atoms with Gasteiger partial charge < -0.3 is 29.6 Å². The van der Waals surface area contributed by atoms with Crippen molar-refractivity contribution in [3.8, 4) is 0 Å². The second-order valence-corrected chi connectivity index (χ2v) is 7.18. The average molecular weight is 364 g/mol. The first-order chi connectivity index (χ1) is 12.8. The second-order valence-electron chi connectivity index (χ2n) is 7.18. The maximum Gasteiger partial charge on any atom is 0.232 e. The molecule has 0 unspecified atom stereocenters. The summed E-state index contributed by atoms with van der Waals surface area (Å²) in [5.41, 5.74) is 0. The molecule has 4 heterocycles. The number of nitrogens with zero attached hydrogens (tertiary/aromatic N) is 6. The SMILES string of the molecule is OC[C@H]1CCCN1c1nc(N2CCOCC2)nc(N2CCC[C@@H]2CO)n1. The molecule has 0 saturated carbocycles. The third-order valence-corrected chi connectivity index (χ3v) is 5.58. The normalized spacial score (nSPS) is 26.8. The number of aromatic nitrogens is 3. The standard InChI is InChI=1S/C17H28N6O3/c24-11-13-3-1-5-22(13)16-18-15(21-7-9-26-10-8-21)19-17(20-16)23-6-2-4-14(23)12-25/h13-14,24-25H,1-12H2/t13-,14-/m1/s1. The molecular formula is C17H28N6O3. The van der Waals surface area contributed by atoms with Crippen LogP contribution in [-0.4, -0.2) is 89.9 Å². The second kappa shape index (κ2) is 7.89. The van der Waals surface area contributed by atoms with Gasteiger partial charge in [-0.1, -0.05) is 0 Å². The third kappa shape index (κ3) is 3.43. The zero-order valence-electron chi connectivity index (χ0n) is 15.1. The summed E-state index contributed by atoms with van der Waals surface area (Å²) >= 11 is 0. The number of anilines is 3. The van der Waals surface area contributed by atoms with E-state index in [1.165, 1.54) is 0 Å². The number of ether oxygens (including phenoxy) is 1. The summed E-state index contributed by atoms with van der Waals surface area (Å²) < 4.78 is 5.45. The molecule has 3 fully saturated rings. The lowest BCUT2D eigenvalue weighted by atomic mass is 10.2. The van der Waals surface area contributed by atoms with Gasteiger partial charge in [-0.25, -0.2) is 0 Å². The van der Waals surface area contributed by atoms with Gasteiger partial charge >= 0.3 is 0 Å². The van der Waals surface area contributed by atoms with Gasteiger partial charge in [0.25, 0.3) is 0 Å². The fourth-order valence-corrected chi connectivity index (χ4v) is 4.08. The van der Waals surface area contributed by atoms with Gasteiger partial charge in [-0.2, -0.15) is 15.0 Å². The summed E-state index contributed by atoms with van der Waals surface area (Å²) in [6.07, 6.45) is 3.96. The van der Waals surface area contributed by atoms with Crippen LogP contribution in [-0.2, 0) is 4.74 Å². The van der Waals surface area contributed by atoms with Crippen molar-refractivity contribution in [3.63, 3.8) is 0 Å². The highest BCUT2D eigenvalue weighted by atomic mass is 16.5. The van der Waals surface area contributed by atoms with Gasteiger partial charge in [-0.15, -0.1) is 0 Å². The molecule has 144 valence electrons. The molecule has 4 rings (SSSR count). The Hall–Kier alpha value is -1.71. The first-order valence-electron chi connectivity index (χ1n) is 9.64. The zero-order valence-corrected chi connectivity index (χ0v) is 15.1. The smallest absolute Gasteiger partial charge is 0.232 e. The van der Waals surface area contributed by atoms with Crippen molar-refractivity contribution in [1.29, 1.82) is 0 Å². The monoisotopic (exact) mass is 364 g/mol. The van der Waals surface area contributed by atoms with E-state index in [1.807, 2.05) is 0 Å². The molecule has 3 aliphatic heterocycles. The van der Waals surface area contributed by atoms with Crippen LogP contribution in [0.5, 0.6) is 0 Å². The van der Waals surface area contributed by atoms with E-state index in [2.05, 4.69) is 14.7 Å². The fourth-order valence-electron chi connectivity index (χ4n) is 4.08. The van der Waals surface area contributed by atoms with E-state index in [1.54, 1.807) is 0 Å². The summed E-state index contributed by atoms with van der Waals surface area (Å²) in [7, 11) is 0. The number of aliphatic hydroxyl groups is 2. The Morgan fingerprint density at radius 1 is 0.769 bits per heavy atom. The van der Waals surface area contributed by atoms with Crippen LogP contribution < -0.4 is 14.7 Å². The summed E-state index contributed by atoms with van der Waals surface area (Å²) in [6, 6.07) is 0.130. The highest BCUT2D eigenvalue weighted by Crippen LogP contribution is 2.29. The lowest BCUT2D eigenvalue weighted by Crippen LogP contribution is -2.40. The quantitative estimate of drug-likeness (QED) is 0.725. The summed E-state index contributed by atoms with van der Waals surface area (Å²) in [6.45, 7) is 4.77. The molecule has 0 aliphatic carbocycles. The number of morpholine rings is 1. The van der Waals surface area contributed by atoms with Gasteiger partial charge in [-0.3, -0.25) is 0 Å². The minimum atomic E-state index is 0.0648. The first kappa shape index (κ1) is 17.7. The molecule has 9 nitrogen and oxygen atoms in total. The predicted octanol–water partition coefficient (Wildman–Crippen LogP) is -0.370. The van der Waals surface area contributed by atoms with Crippen molar-refractivity contribution < 1.29 is 14.9 Å². The zero-order chi connectivity index (χ0) is 17.9. The topological polar surface area (TPSA) is 98.1 Å².